The van der Waals surface area contributed by atoms with E-state index in [1.165, 1.54) is 27.9 Å². The molecular weight excluding hydrogens is 323 g/mol. The predicted molar refractivity (Wildman–Crippen MR) is 96.5 cm³/mol. The Morgan fingerprint density at radius 1 is 1.08 bits per heavy atom. The monoisotopic (exact) mass is 340 g/mol. The highest BCUT2D eigenvalue weighted by Gasteiger charge is 2.08. The Morgan fingerprint density at radius 2 is 1.75 bits per heavy atom. The second-order valence-corrected chi connectivity index (χ2v) is 6.10. The van der Waals surface area contributed by atoms with Gasteiger partial charge in [-0.2, -0.15) is 14.9 Å². The first-order valence-electron chi connectivity index (χ1n) is 7.51. The van der Waals surface area contributed by atoms with Gasteiger partial charge >= 0.3 is 0 Å². The van der Waals surface area contributed by atoms with Crippen LogP contribution in [0.5, 0.6) is 0 Å². The van der Waals surface area contributed by atoms with Crippen molar-refractivity contribution in [2.45, 2.75) is 20.8 Å². The summed E-state index contributed by atoms with van der Waals surface area (Å²) in [7, 11) is 0. The zero-order valence-electron chi connectivity index (χ0n) is 13.7. The molecule has 122 valence electrons. The molecule has 0 fully saturated rings. The zero-order chi connectivity index (χ0) is 17.3. The second-order valence-electron chi connectivity index (χ2n) is 5.71. The maximum Gasteiger partial charge on any atom is 0.216 e. The van der Waals surface area contributed by atoms with E-state index in [4.69, 9.17) is 12.2 Å². The lowest BCUT2D eigenvalue weighted by molar-refractivity contribution is 0.628. The van der Waals surface area contributed by atoms with Gasteiger partial charge in [-0.15, -0.1) is 0 Å². The maximum atomic E-state index is 13.1. The smallest absolute Gasteiger partial charge is 0.216 e. The highest BCUT2D eigenvalue weighted by Crippen LogP contribution is 2.18. The van der Waals surface area contributed by atoms with Crippen LogP contribution in [0.3, 0.4) is 0 Å². The topological polar surface area (TPSA) is 46.0 Å². The van der Waals surface area contributed by atoms with E-state index >= 15 is 0 Å². The number of benzene rings is 2. The van der Waals surface area contributed by atoms with Crippen LogP contribution in [0, 0.1) is 31.4 Å². The second kappa shape index (κ2) is 6.49. The molecule has 0 saturated heterocycles. The molecule has 0 saturated carbocycles. The molecule has 2 aromatic carbocycles. The number of H-pyrrole nitrogens is 1. The first-order chi connectivity index (χ1) is 11.5. The summed E-state index contributed by atoms with van der Waals surface area (Å²) in [4.78, 5) is 0. The molecule has 1 aromatic heterocycles. The Labute approximate surface area is 144 Å². The summed E-state index contributed by atoms with van der Waals surface area (Å²) in [6, 6.07) is 10.3. The molecule has 0 aliphatic rings. The molecule has 4 nitrogen and oxygen atoms in total. The molecule has 3 rings (SSSR count). The fourth-order valence-electron chi connectivity index (χ4n) is 2.43. The van der Waals surface area contributed by atoms with E-state index in [0.717, 1.165) is 16.7 Å². The molecule has 3 aromatic rings. The number of halogens is 1. The number of nitrogens with one attached hydrogen (secondary N) is 1. The number of hydrogen-bond donors (Lipinski definition) is 1. The van der Waals surface area contributed by atoms with Gasteiger partial charge in [-0.05, 0) is 85.6 Å². The molecule has 24 heavy (non-hydrogen) atoms. The van der Waals surface area contributed by atoms with Crippen molar-refractivity contribution < 1.29 is 4.39 Å². The first kappa shape index (κ1) is 16.3. The minimum Gasteiger partial charge on any atom is -0.250 e. The molecule has 0 bridgehead atoms. The molecule has 0 radical (unpaired) electrons. The van der Waals surface area contributed by atoms with E-state index in [2.05, 4.69) is 41.3 Å². The molecular formula is C18H17FN4S. The average molecular weight is 340 g/mol. The van der Waals surface area contributed by atoms with Crippen molar-refractivity contribution in [1.29, 1.82) is 0 Å². The third-order valence-corrected chi connectivity index (χ3v) is 4.21. The Balaban J connectivity index is 2.02. The van der Waals surface area contributed by atoms with Crippen molar-refractivity contribution in [3.8, 4) is 11.4 Å². The third-order valence-electron chi connectivity index (χ3n) is 3.95. The summed E-state index contributed by atoms with van der Waals surface area (Å²) in [6.45, 7) is 6.20. The lowest BCUT2D eigenvalue weighted by Gasteiger charge is -2.06. The van der Waals surface area contributed by atoms with Crippen molar-refractivity contribution in [1.82, 2.24) is 14.9 Å². The van der Waals surface area contributed by atoms with E-state index in [9.17, 15) is 4.39 Å². The number of hydrogen-bond acceptors (Lipinski definition) is 3. The standard InChI is InChI=1S/C18H17FN4S/c1-11-8-13(3)15(9-12(11)2)10-20-23-17(21-22-18(23)24)14-4-6-16(19)7-5-14/h4-10H,1-3H3,(H,22,24)/b20-10-. The van der Waals surface area contributed by atoms with Gasteiger partial charge in [0, 0.05) is 5.56 Å². The van der Waals surface area contributed by atoms with E-state index in [0.29, 0.717) is 10.6 Å². The van der Waals surface area contributed by atoms with Gasteiger partial charge in [0.2, 0.25) is 4.77 Å². The fourth-order valence-corrected chi connectivity index (χ4v) is 2.61. The molecule has 6 heteroatoms. The first-order valence-corrected chi connectivity index (χ1v) is 7.92. The molecule has 0 unspecified atom stereocenters. The van der Waals surface area contributed by atoms with Crippen LogP contribution in [0.25, 0.3) is 11.4 Å². The number of rotatable bonds is 3. The van der Waals surface area contributed by atoms with Gasteiger partial charge in [0.25, 0.3) is 0 Å². The van der Waals surface area contributed by atoms with Gasteiger partial charge in [0.1, 0.15) is 5.82 Å². The van der Waals surface area contributed by atoms with Crippen molar-refractivity contribution >= 4 is 18.4 Å². The van der Waals surface area contributed by atoms with E-state index in [1.807, 2.05) is 6.92 Å². The Hall–Kier alpha value is -2.60. The van der Waals surface area contributed by atoms with E-state index < -0.39 is 0 Å². The fraction of sp³-hybridized carbons (Fsp3) is 0.167. The van der Waals surface area contributed by atoms with Gasteiger partial charge in [0.05, 0.1) is 6.21 Å². The van der Waals surface area contributed by atoms with Crippen LogP contribution in [0.1, 0.15) is 22.3 Å². The Kier molecular flexibility index (Phi) is 4.40. The van der Waals surface area contributed by atoms with Crippen molar-refractivity contribution in [3.05, 3.63) is 69.2 Å². The minimum absolute atomic E-state index is 0.298. The number of nitrogens with zero attached hydrogens (tertiary/aromatic N) is 3. The van der Waals surface area contributed by atoms with Gasteiger partial charge in [-0.3, -0.25) is 0 Å². The SMILES string of the molecule is Cc1cc(C)c(/C=N\n2c(-c3ccc(F)cc3)n[nH]c2=S)cc1C. The van der Waals surface area contributed by atoms with E-state index in [-0.39, 0.29) is 5.82 Å². The summed E-state index contributed by atoms with van der Waals surface area (Å²) >= 11 is 5.25. The highest BCUT2D eigenvalue weighted by molar-refractivity contribution is 7.71. The zero-order valence-corrected chi connectivity index (χ0v) is 14.5. The molecule has 0 aliphatic carbocycles. The third kappa shape index (κ3) is 3.19. The average Bonchev–Trinajstić information content (AvgIpc) is 2.91. The lowest BCUT2D eigenvalue weighted by atomic mass is 10.0. The molecule has 1 heterocycles. The largest absolute Gasteiger partial charge is 0.250 e. The lowest BCUT2D eigenvalue weighted by Crippen LogP contribution is -1.97. The normalized spacial score (nSPS) is 11.3. The number of aromatic nitrogens is 3. The van der Waals surface area contributed by atoms with Crippen LogP contribution in [0.2, 0.25) is 0 Å². The quantitative estimate of drug-likeness (QED) is 0.561. The van der Waals surface area contributed by atoms with Crippen molar-refractivity contribution in [3.63, 3.8) is 0 Å². The summed E-state index contributed by atoms with van der Waals surface area (Å²) in [5.41, 5.74) is 5.34. The van der Waals surface area contributed by atoms with E-state index in [1.54, 1.807) is 18.3 Å². The van der Waals surface area contributed by atoms with Crippen LogP contribution in [-0.2, 0) is 0 Å². The van der Waals surface area contributed by atoms with Crippen molar-refractivity contribution in [2.24, 2.45) is 5.10 Å². The maximum absolute atomic E-state index is 13.1. The molecule has 0 amide bonds. The number of aromatic amines is 1. The van der Waals surface area contributed by atoms with Crippen LogP contribution >= 0.6 is 12.2 Å². The van der Waals surface area contributed by atoms with Gasteiger partial charge < -0.3 is 0 Å². The van der Waals surface area contributed by atoms with Gasteiger partial charge in [0.15, 0.2) is 5.82 Å². The summed E-state index contributed by atoms with van der Waals surface area (Å²) < 4.78 is 15.0. The minimum atomic E-state index is -0.298. The summed E-state index contributed by atoms with van der Waals surface area (Å²) in [5.74, 6) is 0.242. The summed E-state index contributed by atoms with van der Waals surface area (Å²) in [5, 5.41) is 11.4. The molecule has 0 aliphatic heterocycles. The van der Waals surface area contributed by atoms with Gasteiger partial charge in [-0.1, -0.05) is 6.07 Å². The van der Waals surface area contributed by atoms with Gasteiger partial charge in [-0.25, -0.2) is 9.49 Å². The van der Waals surface area contributed by atoms with Crippen molar-refractivity contribution in [2.75, 3.05) is 0 Å². The predicted octanol–water partition coefficient (Wildman–Crippen LogP) is 4.55. The molecule has 0 spiro atoms. The Bertz CT molecular complexity index is 968. The molecule has 0 atom stereocenters. The number of aryl methyl sites for hydroxylation is 3. The van der Waals surface area contributed by atoms with Crippen LogP contribution in [0.4, 0.5) is 4.39 Å². The highest BCUT2D eigenvalue weighted by atomic mass is 32.1. The van der Waals surface area contributed by atoms with Crippen LogP contribution in [-0.4, -0.2) is 21.1 Å². The summed E-state index contributed by atoms with van der Waals surface area (Å²) in [6.07, 6.45) is 1.76. The molecule has 1 N–H and O–H groups in total. The Morgan fingerprint density at radius 3 is 2.46 bits per heavy atom. The van der Waals surface area contributed by atoms with Crippen LogP contribution in [0.15, 0.2) is 41.5 Å². The van der Waals surface area contributed by atoms with Crippen LogP contribution < -0.4 is 0 Å².